The minimum absolute atomic E-state index is 0.0857. The molecule has 0 bridgehead atoms. The molecule has 1 amide bonds. The van der Waals surface area contributed by atoms with Gasteiger partial charge in [0.05, 0.1) is 16.3 Å². The largest absolute Gasteiger partial charge is 0.489 e. The SMILES string of the molecule is CNC(=O)CNC[C@H]1CCc2ccc(S(=O)(=O)c3ccccc3)cc2O1. The van der Waals surface area contributed by atoms with Crippen LogP contribution in [0.3, 0.4) is 0 Å². The van der Waals surface area contributed by atoms with Gasteiger partial charge in [-0.3, -0.25) is 4.79 Å². The van der Waals surface area contributed by atoms with Crippen molar-refractivity contribution in [3.63, 3.8) is 0 Å². The van der Waals surface area contributed by atoms with Gasteiger partial charge < -0.3 is 15.4 Å². The molecule has 3 rings (SSSR count). The zero-order chi connectivity index (χ0) is 18.6. The van der Waals surface area contributed by atoms with E-state index in [1.165, 1.54) is 0 Å². The second-order valence-corrected chi connectivity index (χ2v) is 8.12. The fourth-order valence-corrected chi connectivity index (χ4v) is 4.18. The molecule has 0 spiro atoms. The van der Waals surface area contributed by atoms with Crippen LogP contribution in [0.5, 0.6) is 5.75 Å². The van der Waals surface area contributed by atoms with Crippen molar-refractivity contribution < 1.29 is 17.9 Å². The van der Waals surface area contributed by atoms with Crippen LogP contribution in [0.15, 0.2) is 58.3 Å². The Labute approximate surface area is 153 Å². The highest BCUT2D eigenvalue weighted by Crippen LogP contribution is 2.32. The highest BCUT2D eigenvalue weighted by Gasteiger charge is 2.24. The summed E-state index contributed by atoms with van der Waals surface area (Å²) in [6.45, 7) is 0.758. The molecular weight excluding hydrogens is 352 g/mol. The molecule has 1 aliphatic heterocycles. The Hall–Kier alpha value is -2.38. The molecule has 138 valence electrons. The first kappa shape index (κ1) is 18.4. The Balaban J connectivity index is 1.74. The monoisotopic (exact) mass is 374 g/mol. The second kappa shape index (κ2) is 7.88. The summed E-state index contributed by atoms with van der Waals surface area (Å²) < 4.78 is 31.5. The third-order valence-electron chi connectivity index (χ3n) is 4.37. The van der Waals surface area contributed by atoms with Crippen molar-refractivity contribution in [2.75, 3.05) is 20.1 Å². The number of likely N-dealkylation sites (N-methyl/N-ethyl adjacent to an activating group) is 1. The summed E-state index contributed by atoms with van der Waals surface area (Å²) in [5.41, 5.74) is 1.000. The zero-order valence-corrected chi connectivity index (χ0v) is 15.4. The van der Waals surface area contributed by atoms with Gasteiger partial charge in [-0.05, 0) is 42.7 Å². The van der Waals surface area contributed by atoms with E-state index in [4.69, 9.17) is 4.74 Å². The molecule has 0 aromatic heterocycles. The van der Waals surface area contributed by atoms with Gasteiger partial charge in [-0.1, -0.05) is 24.3 Å². The first-order chi connectivity index (χ1) is 12.5. The van der Waals surface area contributed by atoms with Crippen LogP contribution >= 0.6 is 0 Å². The molecule has 0 fully saturated rings. The van der Waals surface area contributed by atoms with Crippen LogP contribution in [0.2, 0.25) is 0 Å². The Morgan fingerprint density at radius 3 is 2.65 bits per heavy atom. The molecule has 2 aromatic rings. The number of carbonyl (C=O) groups excluding carboxylic acids is 1. The molecule has 0 saturated heterocycles. The number of fused-ring (bicyclic) bond motifs is 1. The fraction of sp³-hybridized carbons (Fsp3) is 0.316. The van der Waals surface area contributed by atoms with Crippen LogP contribution in [0.1, 0.15) is 12.0 Å². The number of aryl methyl sites for hydroxylation is 1. The molecule has 2 N–H and O–H groups in total. The number of amides is 1. The number of sulfone groups is 1. The number of nitrogens with one attached hydrogen (secondary N) is 2. The van der Waals surface area contributed by atoms with Crippen LogP contribution in [-0.4, -0.2) is 40.6 Å². The lowest BCUT2D eigenvalue weighted by Crippen LogP contribution is -2.39. The maximum absolute atomic E-state index is 12.8. The first-order valence-electron chi connectivity index (χ1n) is 8.51. The number of ether oxygens (including phenoxy) is 1. The summed E-state index contributed by atoms with van der Waals surface area (Å²) in [4.78, 5) is 11.7. The molecule has 0 aliphatic carbocycles. The molecule has 7 heteroatoms. The van der Waals surface area contributed by atoms with E-state index in [1.54, 1.807) is 49.5 Å². The fourth-order valence-electron chi connectivity index (χ4n) is 2.89. The molecule has 2 aromatic carbocycles. The topological polar surface area (TPSA) is 84.5 Å². The number of hydrogen-bond donors (Lipinski definition) is 2. The van der Waals surface area contributed by atoms with Crippen molar-refractivity contribution in [3.8, 4) is 5.75 Å². The molecular formula is C19H22N2O4S. The zero-order valence-electron chi connectivity index (χ0n) is 14.6. The van der Waals surface area contributed by atoms with Gasteiger partial charge in [0.2, 0.25) is 15.7 Å². The standard InChI is InChI=1S/C19H22N2O4S/c1-20-19(22)13-21-12-15-9-7-14-8-10-17(11-18(14)25-15)26(23,24)16-5-3-2-4-6-16/h2-6,8,10-11,15,21H,7,9,12-13H2,1H3,(H,20,22)/t15-/m1/s1. The van der Waals surface area contributed by atoms with Gasteiger partial charge in [0.15, 0.2) is 0 Å². The summed E-state index contributed by atoms with van der Waals surface area (Å²) in [5, 5.41) is 5.60. The van der Waals surface area contributed by atoms with Crippen molar-refractivity contribution in [3.05, 3.63) is 54.1 Å². The van der Waals surface area contributed by atoms with Gasteiger partial charge in [0.1, 0.15) is 11.9 Å². The number of rotatable bonds is 6. The first-order valence-corrected chi connectivity index (χ1v) is 10.00. The molecule has 26 heavy (non-hydrogen) atoms. The molecule has 6 nitrogen and oxygen atoms in total. The molecule has 1 heterocycles. The number of carbonyl (C=O) groups is 1. The summed E-state index contributed by atoms with van der Waals surface area (Å²) in [6.07, 6.45) is 1.54. The van der Waals surface area contributed by atoms with E-state index < -0.39 is 9.84 Å². The Morgan fingerprint density at radius 2 is 1.92 bits per heavy atom. The van der Waals surface area contributed by atoms with Crippen molar-refractivity contribution in [1.82, 2.24) is 10.6 Å². The van der Waals surface area contributed by atoms with E-state index in [1.807, 2.05) is 6.07 Å². The lowest BCUT2D eigenvalue weighted by molar-refractivity contribution is -0.119. The van der Waals surface area contributed by atoms with Crippen molar-refractivity contribution in [2.24, 2.45) is 0 Å². The van der Waals surface area contributed by atoms with E-state index in [0.29, 0.717) is 12.3 Å². The lowest BCUT2D eigenvalue weighted by atomic mass is 10.0. The lowest BCUT2D eigenvalue weighted by Gasteiger charge is -2.26. The second-order valence-electron chi connectivity index (χ2n) is 6.17. The van der Waals surface area contributed by atoms with Gasteiger partial charge in [-0.2, -0.15) is 0 Å². The van der Waals surface area contributed by atoms with E-state index in [-0.39, 0.29) is 28.3 Å². The minimum atomic E-state index is -3.57. The predicted octanol–water partition coefficient (Wildman–Crippen LogP) is 1.55. The third-order valence-corrected chi connectivity index (χ3v) is 6.14. The average Bonchev–Trinajstić information content (AvgIpc) is 2.68. The Bertz CT molecular complexity index is 882. The van der Waals surface area contributed by atoms with Crippen LogP contribution in [0, 0.1) is 0 Å². The van der Waals surface area contributed by atoms with E-state index in [2.05, 4.69) is 10.6 Å². The highest BCUT2D eigenvalue weighted by atomic mass is 32.2. The maximum Gasteiger partial charge on any atom is 0.233 e. The molecule has 1 aliphatic rings. The van der Waals surface area contributed by atoms with Gasteiger partial charge in [0, 0.05) is 13.6 Å². The predicted molar refractivity (Wildman–Crippen MR) is 98.0 cm³/mol. The molecule has 0 radical (unpaired) electrons. The normalized spacial score (nSPS) is 16.4. The molecule has 1 atom stereocenters. The van der Waals surface area contributed by atoms with Crippen molar-refractivity contribution in [2.45, 2.75) is 28.7 Å². The minimum Gasteiger partial charge on any atom is -0.489 e. The van der Waals surface area contributed by atoms with E-state index in [0.717, 1.165) is 18.4 Å². The summed E-state index contributed by atoms with van der Waals surface area (Å²) >= 11 is 0. The van der Waals surface area contributed by atoms with Crippen LogP contribution < -0.4 is 15.4 Å². The maximum atomic E-state index is 12.8. The summed E-state index contributed by atoms with van der Waals surface area (Å²) in [5.74, 6) is 0.512. The number of benzene rings is 2. The highest BCUT2D eigenvalue weighted by molar-refractivity contribution is 7.91. The third kappa shape index (κ3) is 4.05. The van der Waals surface area contributed by atoms with Crippen molar-refractivity contribution in [1.29, 1.82) is 0 Å². The Morgan fingerprint density at radius 1 is 1.15 bits per heavy atom. The Kier molecular flexibility index (Phi) is 5.58. The molecule has 0 unspecified atom stereocenters. The van der Waals surface area contributed by atoms with E-state index >= 15 is 0 Å². The van der Waals surface area contributed by atoms with Crippen molar-refractivity contribution >= 4 is 15.7 Å². The average molecular weight is 374 g/mol. The van der Waals surface area contributed by atoms with Crippen LogP contribution in [0.25, 0.3) is 0 Å². The van der Waals surface area contributed by atoms with Crippen LogP contribution in [0.4, 0.5) is 0 Å². The summed E-state index contributed by atoms with van der Waals surface area (Å²) in [7, 11) is -1.98. The van der Waals surface area contributed by atoms with Gasteiger partial charge in [-0.25, -0.2) is 8.42 Å². The smallest absolute Gasteiger partial charge is 0.233 e. The molecule has 0 saturated carbocycles. The van der Waals surface area contributed by atoms with Crippen LogP contribution in [-0.2, 0) is 21.1 Å². The summed E-state index contributed by atoms with van der Waals surface area (Å²) in [6, 6.07) is 13.4. The van der Waals surface area contributed by atoms with Gasteiger partial charge in [0.25, 0.3) is 0 Å². The van der Waals surface area contributed by atoms with Gasteiger partial charge >= 0.3 is 0 Å². The number of hydrogen-bond acceptors (Lipinski definition) is 5. The quantitative estimate of drug-likeness (QED) is 0.801. The van der Waals surface area contributed by atoms with Gasteiger partial charge in [-0.15, -0.1) is 0 Å². The van der Waals surface area contributed by atoms with E-state index in [9.17, 15) is 13.2 Å².